The number of halogens is 2. The van der Waals surface area contributed by atoms with E-state index < -0.39 is 64.3 Å². The van der Waals surface area contributed by atoms with E-state index in [0.717, 1.165) is 31.0 Å². The number of nitrogens with zero attached hydrogens (tertiary/aromatic N) is 3. The summed E-state index contributed by atoms with van der Waals surface area (Å²) < 4.78 is 45.2. The smallest absolute Gasteiger partial charge is 0.325 e. The highest BCUT2D eigenvalue weighted by molar-refractivity contribution is 6.00. The van der Waals surface area contributed by atoms with Crippen LogP contribution in [0.1, 0.15) is 58.7 Å². The van der Waals surface area contributed by atoms with Crippen molar-refractivity contribution in [3.8, 4) is 5.75 Å². The summed E-state index contributed by atoms with van der Waals surface area (Å²) in [5.74, 6) is -5.38. The van der Waals surface area contributed by atoms with Crippen molar-refractivity contribution in [2.75, 3.05) is 19.9 Å². The predicted molar refractivity (Wildman–Crippen MR) is 164 cm³/mol. The average molecular weight is 665 g/mol. The molecule has 0 radical (unpaired) electrons. The molecule has 2 fully saturated rings. The van der Waals surface area contributed by atoms with Crippen molar-refractivity contribution in [2.45, 2.75) is 58.6 Å². The van der Waals surface area contributed by atoms with Gasteiger partial charge in [-0.25, -0.2) is 8.78 Å². The van der Waals surface area contributed by atoms with Gasteiger partial charge in [-0.15, -0.1) is 0 Å². The van der Waals surface area contributed by atoms with Gasteiger partial charge in [0.1, 0.15) is 30.0 Å². The quantitative estimate of drug-likeness (QED) is 0.197. The minimum atomic E-state index is -1.74. The van der Waals surface area contributed by atoms with Crippen LogP contribution in [0.2, 0.25) is 0 Å². The van der Waals surface area contributed by atoms with Crippen LogP contribution >= 0.6 is 0 Å². The van der Waals surface area contributed by atoms with Crippen LogP contribution in [0, 0.1) is 17.0 Å². The van der Waals surface area contributed by atoms with Crippen molar-refractivity contribution in [3.63, 3.8) is 0 Å². The second-order valence-corrected chi connectivity index (χ2v) is 12.5. The first-order valence-electron chi connectivity index (χ1n) is 15.5. The van der Waals surface area contributed by atoms with E-state index >= 15 is 0 Å². The number of ether oxygens (including phenoxy) is 3. The summed E-state index contributed by atoms with van der Waals surface area (Å²) in [7, 11) is 0. The molecule has 0 aliphatic carbocycles. The minimum Gasteiger partial charge on any atom is -0.460 e. The summed E-state index contributed by atoms with van der Waals surface area (Å²) in [5.41, 5.74) is -2.49. The Bertz CT molecular complexity index is 1830. The van der Waals surface area contributed by atoms with E-state index in [1.165, 1.54) is 30.7 Å². The molecule has 2 amide bonds. The lowest BCUT2D eigenvalue weighted by atomic mass is 9.94. The molecule has 14 heteroatoms. The Balaban J connectivity index is 1.22. The van der Waals surface area contributed by atoms with E-state index in [9.17, 15) is 32.8 Å². The van der Waals surface area contributed by atoms with Gasteiger partial charge < -0.3 is 29.0 Å². The molecule has 3 aromatic rings. The van der Waals surface area contributed by atoms with Gasteiger partial charge in [0.2, 0.25) is 18.0 Å². The van der Waals surface area contributed by atoms with Gasteiger partial charge in [0.25, 0.3) is 11.8 Å². The summed E-state index contributed by atoms with van der Waals surface area (Å²) in [6.45, 7) is 2.88. The summed E-state index contributed by atoms with van der Waals surface area (Å²) in [4.78, 5) is 70.4. The van der Waals surface area contributed by atoms with E-state index in [2.05, 4.69) is 10.2 Å². The molecule has 0 bridgehead atoms. The molecule has 1 unspecified atom stereocenters. The highest BCUT2D eigenvalue weighted by atomic mass is 19.1. The zero-order valence-electron chi connectivity index (χ0n) is 26.4. The fourth-order valence-corrected chi connectivity index (χ4v) is 6.25. The largest absolute Gasteiger partial charge is 0.460 e. The van der Waals surface area contributed by atoms with E-state index in [1.807, 2.05) is 6.07 Å². The molecule has 1 aromatic heterocycles. The molecule has 2 aromatic carbocycles. The number of rotatable bonds is 10. The number of aromatic nitrogens is 1. The topological polar surface area (TPSA) is 136 Å². The van der Waals surface area contributed by atoms with Crippen LogP contribution in [-0.2, 0) is 38.8 Å². The molecule has 3 aliphatic rings. The number of nitrogens with one attached hydrogen (secondary N) is 1. The van der Waals surface area contributed by atoms with Gasteiger partial charge >= 0.3 is 11.9 Å². The van der Waals surface area contributed by atoms with E-state index in [4.69, 9.17) is 14.2 Å². The first kappa shape index (κ1) is 32.8. The molecular weight excluding hydrogens is 630 g/mol. The molecular formula is C34H34F2N4O8. The fraction of sp³-hybridized carbons (Fsp3) is 0.382. The first-order valence-corrected chi connectivity index (χ1v) is 15.5. The van der Waals surface area contributed by atoms with Crippen LogP contribution in [0.3, 0.4) is 0 Å². The molecule has 1 N–H and O–H groups in total. The van der Waals surface area contributed by atoms with Crippen molar-refractivity contribution in [1.29, 1.82) is 0 Å². The lowest BCUT2D eigenvalue weighted by Gasteiger charge is -2.36. The Morgan fingerprint density at radius 3 is 2.50 bits per heavy atom. The molecule has 0 spiro atoms. The highest BCUT2D eigenvalue weighted by Crippen LogP contribution is 2.35. The average Bonchev–Trinajstić information content (AvgIpc) is 3.67. The zero-order valence-corrected chi connectivity index (χ0v) is 26.4. The first-order chi connectivity index (χ1) is 23.0. The maximum Gasteiger partial charge on any atom is 0.325 e. The van der Waals surface area contributed by atoms with Crippen LogP contribution < -0.4 is 15.5 Å². The van der Waals surface area contributed by atoms with Crippen molar-refractivity contribution >= 4 is 23.8 Å². The summed E-state index contributed by atoms with van der Waals surface area (Å²) >= 11 is 0. The molecule has 252 valence electrons. The summed E-state index contributed by atoms with van der Waals surface area (Å²) in [6.07, 6.45) is 2.88. The zero-order chi connectivity index (χ0) is 34.2. The standard InChI is InChI=1S/C34H34F2N4O8/c1-34(2,32(44)46-18-20-7-4-3-5-8-20)33(45)48-19-47-29-27-31(43)40-15-23-9-6-12-39(23)26(40)17-38(27)16-24(28(29)41)30(42)37-14-21-10-11-22(35)13-25(21)36/h3-5,7-8,10-11,13,16,23,26H,6,9,12,14-15,17-19H2,1-2H3,(H,37,42)/t23?,26-/m0/s1. The minimum absolute atomic E-state index is 0.00652. The van der Waals surface area contributed by atoms with Crippen LogP contribution in [-0.4, -0.2) is 70.2 Å². The van der Waals surface area contributed by atoms with Gasteiger partial charge in [-0.3, -0.25) is 28.9 Å². The normalized spacial score (nSPS) is 18.5. The summed E-state index contributed by atoms with van der Waals surface area (Å²) in [5, 5.41) is 2.46. The number of carbonyl (C=O) groups is 4. The predicted octanol–water partition coefficient (Wildman–Crippen LogP) is 2.97. The molecule has 3 aliphatic heterocycles. The fourth-order valence-electron chi connectivity index (χ4n) is 6.25. The number of carbonyl (C=O) groups excluding carboxylic acids is 4. The molecule has 12 nitrogen and oxygen atoms in total. The Hall–Kier alpha value is -5.11. The van der Waals surface area contributed by atoms with Crippen LogP contribution in [0.25, 0.3) is 0 Å². The van der Waals surface area contributed by atoms with Crippen molar-refractivity contribution < 1.29 is 42.2 Å². The van der Waals surface area contributed by atoms with Gasteiger partial charge in [-0.1, -0.05) is 36.4 Å². The number of fused-ring (bicyclic) bond motifs is 4. The van der Waals surface area contributed by atoms with Crippen molar-refractivity contribution in [1.82, 2.24) is 19.7 Å². The third-order valence-corrected chi connectivity index (χ3v) is 8.96. The molecule has 2 saturated heterocycles. The van der Waals surface area contributed by atoms with Gasteiger partial charge in [-0.05, 0) is 38.3 Å². The monoisotopic (exact) mass is 664 g/mol. The lowest BCUT2D eigenvalue weighted by Crippen LogP contribution is -2.51. The second kappa shape index (κ2) is 13.2. The third kappa shape index (κ3) is 6.27. The molecule has 6 rings (SSSR count). The maximum absolute atomic E-state index is 14.2. The van der Waals surface area contributed by atoms with Gasteiger partial charge in [0.05, 0.1) is 6.54 Å². The van der Waals surface area contributed by atoms with Gasteiger partial charge in [0.15, 0.2) is 11.1 Å². The number of pyridine rings is 1. The number of hydrogen-bond donors (Lipinski definition) is 1. The third-order valence-electron chi connectivity index (χ3n) is 8.96. The second-order valence-electron chi connectivity index (χ2n) is 12.5. The molecule has 48 heavy (non-hydrogen) atoms. The SMILES string of the molecule is CC(C)(C(=O)OCOc1c2n(cc(C(=O)NCc3ccc(F)cc3F)c1=O)C[C@@H]1N(CC3CCCN31)C2=O)C(=O)OCc1ccccc1. The number of hydrogen-bond acceptors (Lipinski definition) is 9. The number of esters is 2. The van der Waals surface area contributed by atoms with E-state index in [-0.39, 0.29) is 43.2 Å². The van der Waals surface area contributed by atoms with Crippen LogP contribution in [0.5, 0.6) is 5.75 Å². The van der Waals surface area contributed by atoms with E-state index in [1.54, 1.807) is 29.2 Å². The lowest BCUT2D eigenvalue weighted by molar-refractivity contribution is -0.174. The highest BCUT2D eigenvalue weighted by Gasteiger charge is 2.48. The molecule has 4 heterocycles. The Morgan fingerprint density at radius 2 is 1.75 bits per heavy atom. The number of benzene rings is 2. The van der Waals surface area contributed by atoms with Crippen molar-refractivity contribution in [3.05, 3.63) is 99.0 Å². The van der Waals surface area contributed by atoms with Crippen molar-refractivity contribution in [2.24, 2.45) is 5.41 Å². The molecule has 2 atom stereocenters. The maximum atomic E-state index is 14.2. The Morgan fingerprint density at radius 1 is 1.00 bits per heavy atom. The molecule has 0 saturated carbocycles. The van der Waals surface area contributed by atoms with Gasteiger partial charge in [0, 0.05) is 43.5 Å². The van der Waals surface area contributed by atoms with Crippen LogP contribution in [0.15, 0.2) is 59.5 Å². The Kier molecular flexibility index (Phi) is 9.01. The summed E-state index contributed by atoms with van der Waals surface area (Å²) in [6, 6.07) is 12.0. The van der Waals surface area contributed by atoms with Crippen LogP contribution in [0.4, 0.5) is 8.78 Å². The van der Waals surface area contributed by atoms with E-state index in [0.29, 0.717) is 12.6 Å². The number of amides is 2. The van der Waals surface area contributed by atoms with Gasteiger partial charge in [-0.2, -0.15) is 0 Å². The Labute approximate surface area is 274 Å².